The largest absolute Gasteiger partial charge is 0.330 e. The van der Waals surface area contributed by atoms with Gasteiger partial charge in [-0.05, 0) is 20.3 Å². The summed E-state index contributed by atoms with van der Waals surface area (Å²) in [6.07, 6.45) is 1.92. The van der Waals surface area contributed by atoms with Gasteiger partial charge in [-0.25, -0.2) is 0 Å². The Balaban J connectivity index is 2.72. The summed E-state index contributed by atoms with van der Waals surface area (Å²) in [5.41, 5.74) is -0.563. The van der Waals surface area contributed by atoms with Crippen LogP contribution in [0.1, 0.15) is 40.0 Å². The van der Waals surface area contributed by atoms with Gasteiger partial charge in [0.2, 0.25) is 5.91 Å². The van der Waals surface area contributed by atoms with Crippen LogP contribution in [-0.2, 0) is 9.59 Å². The van der Waals surface area contributed by atoms with E-state index in [0.29, 0.717) is 19.4 Å². The van der Waals surface area contributed by atoms with Gasteiger partial charge in [0.25, 0.3) is 0 Å². The van der Waals surface area contributed by atoms with E-state index in [2.05, 4.69) is 0 Å². The molecule has 0 aliphatic carbocycles. The molecule has 1 rings (SSSR count). The fourth-order valence-corrected chi connectivity index (χ4v) is 1.73. The van der Waals surface area contributed by atoms with Gasteiger partial charge >= 0.3 is 0 Å². The van der Waals surface area contributed by atoms with E-state index in [1.807, 2.05) is 20.8 Å². The molecular weight excluding hydrogens is 166 g/mol. The lowest BCUT2D eigenvalue weighted by Gasteiger charge is -2.29. The second-order valence-corrected chi connectivity index (χ2v) is 4.03. The van der Waals surface area contributed by atoms with Crippen molar-refractivity contribution in [2.24, 2.45) is 0 Å². The van der Waals surface area contributed by atoms with Gasteiger partial charge in [0.05, 0.1) is 5.54 Å². The van der Waals surface area contributed by atoms with Crippen LogP contribution < -0.4 is 0 Å². The number of amides is 1. The number of carbonyl (C=O) groups is 2. The Morgan fingerprint density at radius 1 is 1.54 bits per heavy atom. The maximum absolute atomic E-state index is 11.6. The van der Waals surface area contributed by atoms with Crippen LogP contribution in [0.15, 0.2) is 0 Å². The van der Waals surface area contributed by atoms with Gasteiger partial charge in [-0.1, -0.05) is 6.92 Å². The molecular formula is C10H17NO2. The summed E-state index contributed by atoms with van der Waals surface area (Å²) in [5.74, 6) is 0.287. The van der Waals surface area contributed by atoms with Crippen molar-refractivity contribution in [1.29, 1.82) is 0 Å². The molecule has 1 heterocycles. The minimum absolute atomic E-state index is 0.110. The third-order valence-electron chi connectivity index (χ3n) is 2.68. The van der Waals surface area contributed by atoms with Crippen LogP contribution in [0, 0.1) is 0 Å². The summed E-state index contributed by atoms with van der Waals surface area (Å²) < 4.78 is 0. The first kappa shape index (κ1) is 10.2. The highest BCUT2D eigenvalue weighted by atomic mass is 16.2. The lowest BCUT2D eigenvalue weighted by molar-refractivity contribution is -0.138. The summed E-state index contributed by atoms with van der Waals surface area (Å²) in [6.45, 7) is 6.24. The average Bonchev–Trinajstić information content (AvgIpc) is 2.28. The number of hydrogen-bond acceptors (Lipinski definition) is 2. The van der Waals surface area contributed by atoms with Crippen LogP contribution in [0.2, 0.25) is 0 Å². The smallest absolute Gasteiger partial charge is 0.223 e. The van der Waals surface area contributed by atoms with E-state index < -0.39 is 5.54 Å². The normalized spacial score (nSPS) is 20.8. The number of rotatable bonds is 2. The third-order valence-corrected chi connectivity index (χ3v) is 2.68. The van der Waals surface area contributed by atoms with Crippen LogP contribution in [-0.4, -0.2) is 28.7 Å². The number of ketones is 1. The maximum atomic E-state index is 11.6. The van der Waals surface area contributed by atoms with Gasteiger partial charge in [0.1, 0.15) is 0 Å². The van der Waals surface area contributed by atoms with Crippen molar-refractivity contribution in [3.8, 4) is 0 Å². The first-order chi connectivity index (χ1) is 6.00. The molecule has 3 heteroatoms. The Bertz CT molecular complexity index is 233. The highest BCUT2D eigenvalue weighted by Gasteiger charge is 2.41. The SMILES string of the molecule is CCCC(=O)N1CCC(=O)C1(C)C. The molecule has 0 atom stereocenters. The molecule has 0 aromatic carbocycles. The summed E-state index contributed by atoms with van der Waals surface area (Å²) in [7, 11) is 0. The zero-order valence-corrected chi connectivity index (χ0v) is 8.59. The molecule has 0 saturated carbocycles. The van der Waals surface area contributed by atoms with Crippen molar-refractivity contribution in [3.63, 3.8) is 0 Å². The molecule has 13 heavy (non-hydrogen) atoms. The molecule has 0 N–H and O–H groups in total. The van der Waals surface area contributed by atoms with E-state index in [1.165, 1.54) is 0 Å². The van der Waals surface area contributed by atoms with Crippen LogP contribution in [0.3, 0.4) is 0 Å². The van der Waals surface area contributed by atoms with Crippen molar-refractivity contribution in [2.75, 3.05) is 6.54 Å². The van der Waals surface area contributed by atoms with Crippen molar-refractivity contribution < 1.29 is 9.59 Å². The molecule has 0 bridgehead atoms. The molecule has 0 spiro atoms. The van der Waals surface area contributed by atoms with Crippen molar-refractivity contribution in [1.82, 2.24) is 4.90 Å². The van der Waals surface area contributed by atoms with E-state index in [1.54, 1.807) is 4.90 Å². The molecule has 1 aliphatic heterocycles. The molecule has 0 unspecified atom stereocenters. The molecule has 3 nitrogen and oxygen atoms in total. The van der Waals surface area contributed by atoms with Crippen LogP contribution >= 0.6 is 0 Å². The molecule has 1 fully saturated rings. The van der Waals surface area contributed by atoms with Gasteiger partial charge in [-0.3, -0.25) is 9.59 Å². The van der Waals surface area contributed by atoms with Crippen LogP contribution in [0.25, 0.3) is 0 Å². The standard InChI is InChI=1S/C10H17NO2/c1-4-5-9(13)11-7-6-8(12)10(11,2)3/h4-7H2,1-3H3. The number of hydrogen-bond donors (Lipinski definition) is 0. The third kappa shape index (κ3) is 1.74. The molecule has 1 aliphatic rings. The Labute approximate surface area is 79.1 Å². The number of Topliss-reactive ketones (excluding diaryl/α,β-unsaturated/α-hetero) is 1. The fourth-order valence-electron chi connectivity index (χ4n) is 1.73. The Kier molecular flexibility index (Phi) is 2.74. The van der Waals surface area contributed by atoms with E-state index in [0.717, 1.165) is 6.42 Å². The summed E-state index contributed by atoms with van der Waals surface area (Å²) in [4.78, 5) is 24.7. The summed E-state index contributed by atoms with van der Waals surface area (Å²) in [5, 5.41) is 0. The molecule has 74 valence electrons. The van der Waals surface area contributed by atoms with Crippen LogP contribution in [0.5, 0.6) is 0 Å². The zero-order valence-electron chi connectivity index (χ0n) is 8.59. The fraction of sp³-hybridized carbons (Fsp3) is 0.800. The molecule has 0 aromatic rings. The highest BCUT2D eigenvalue weighted by Crippen LogP contribution is 2.25. The second-order valence-electron chi connectivity index (χ2n) is 4.03. The van der Waals surface area contributed by atoms with Gasteiger partial charge in [-0.15, -0.1) is 0 Å². The molecule has 1 saturated heterocycles. The summed E-state index contributed by atoms with van der Waals surface area (Å²) in [6, 6.07) is 0. The Hall–Kier alpha value is -0.860. The van der Waals surface area contributed by atoms with Gasteiger partial charge in [0, 0.05) is 19.4 Å². The molecule has 1 amide bonds. The van der Waals surface area contributed by atoms with E-state index in [4.69, 9.17) is 0 Å². The van der Waals surface area contributed by atoms with E-state index in [-0.39, 0.29) is 11.7 Å². The first-order valence-electron chi connectivity index (χ1n) is 4.84. The lowest BCUT2D eigenvalue weighted by Crippen LogP contribution is -2.46. The topological polar surface area (TPSA) is 37.4 Å². The van der Waals surface area contributed by atoms with Gasteiger partial charge in [-0.2, -0.15) is 0 Å². The first-order valence-corrected chi connectivity index (χ1v) is 4.84. The van der Waals surface area contributed by atoms with Crippen LogP contribution in [0.4, 0.5) is 0 Å². The minimum Gasteiger partial charge on any atom is -0.330 e. The van der Waals surface area contributed by atoms with Gasteiger partial charge in [0.15, 0.2) is 5.78 Å². The quantitative estimate of drug-likeness (QED) is 0.648. The minimum atomic E-state index is -0.563. The van der Waals surface area contributed by atoms with Crippen molar-refractivity contribution in [2.45, 2.75) is 45.6 Å². The predicted molar refractivity (Wildman–Crippen MR) is 50.3 cm³/mol. The molecule has 0 aromatic heterocycles. The maximum Gasteiger partial charge on any atom is 0.223 e. The van der Waals surface area contributed by atoms with E-state index >= 15 is 0 Å². The monoisotopic (exact) mass is 183 g/mol. The lowest BCUT2D eigenvalue weighted by atomic mass is 10.0. The Morgan fingerprint density at radius 3 is 2.54 bits per heavy atom. The number of carbonyl (C=O) groups excluding carboxylic acids is 2. The Morgan fingerprint density at radius 2 is 2.15 bits per heavy atom. The van der Waals surface area contributed by atoms with Crippen molar-refractivity contribution >= 4 is 11.7 Å². The number of likely N-dealkylation sites (tertiary alicyclic amines) is 1. The van der Waals surface area contributed by atoms with E-state index in [9.17, 15) is 9.59 Å². The summed E-state index contributed by atoms with van der Waals surface area (Å²) >= 11 is 0. The average molecular weight is 183 g/mol. The predicted octanol–water partition coefficient (Wildman–Crippen LogP) is 1.37. The molecule has 0 radical (unpaired) electrons. The highest BCUT2D eigenvalue weighted by molar-refractivity contribution is 5.95. The zero-order chi connectivity index (χ0) is 10.1. The van der Waals surface area contributed by atoms with Gasteiger partial charge < -0.3 is 4.90 Å². The number of nitrogens with zero attached hydrogens (tertiary/aromatic N) is 1. The van der Waals surface area contributed by atoms with Crippen molar-refractivity contribution in [3.05, 3.63) is 0 Å². The second kappa shape index (κ2) is 3.48.